The molecule has 106 valence electrons. The third-order valence-electron chi connectivity index (χ3n) is 3.09. The van der Waals surface area contributed by atoms with Crippen molar-refractivity contribution in [3.8, 4) is 5.75 Å². The molecular weight excluding hydrogens is 270 g/mol. The SMILES string of the molecule is O=C1CN(C(=O)Oc2ccccc2)C(c2ccccc2)O1. The highest BCUT2D eigenvalue weighted by Crippen LogP contribution is 2.28. The predicted molar refractivity (Wildman–Crippen MR) is 74.4 cm³/mol. The number of benzene rings is 2. The van der Waals surface area contributed by atoms with Crippen molar-refractivity contribution in [2.45, 2.75) is 6.23 Å². The lowest BCUT2D eigenvalue weighted by atomic mass is 10.2. The van der Waals surface area contributed by atoms with Crippen molar-refractivity contribution >= 4 is 12.1 Å². The van der Waals surface area contributed by atoms with Crippen LogP contribution in [0.4, 0.5) is 4.79 Å². The molecule has 0 radical (unpaired) electrons. The van der Waals surface area contributed by atoms with Gasteiger partial charge in [-0.15, -0.1) is 0 Å². The van der Waals surface area contributed by atoms with Gasteiger partial charge in [-0.2, -0.15) is 0 Å². The van der Waals surface area contributed by atoms with Gasteiger partial charge in [0.05, 0.1) is 0 Å². The van der Waals surface area contributed by atoms with Gasteiger partial charge in [-0.3, -0.25) is 9.69 Å². The number of nitrogens with zero attached hydrogens (tertiary/aromatic N) is 1. The van der Waals surface area contributed by atoms with E-state index in [4.69, 9.17) is 9.47 Å². The first-order valence-electron chi connectivity index (χ1n) is 6.52. The normalized spacial score (nSPS) is 17.4. The molecule has 1 fully saturated rings. The lowest BCUT2D eigenvalue weighted by molar-refractivity contribution is -0.141. The van der Waals surface area contributed by atoms with Crippen LogP contribution in [0.15, 0.2) is 60.7 Å². The van der Waals surface area contributed by atoms with Gasteiger partial charge in [-0.1, -0.05) is 48.5 Å². The zero-order valence-electron chi connectivity index (χ0n) is 11.1. The maximum Gasteiger partial charge on any atom is 0.418 e. The summed E-state index contributed by atoms with van der Waals surface area (Å²) in [6, 6.07) is 17.8. The molecule has 21 heavy (non-hydrogen) atoms. The molecule has 1 aliphatic rings. The Bertz CT molecular complexity index is 642. The zero-order chi connectivity index (χ0) is 14.7. The largest absolute Gasteiger partial charge is 0.436 e. The average molecular weight is 283 g/mol. The molecule has 2 aromatic carbocycles. The van der Waals surface area contributed by atoms with Crippen molar-refractivity contribution < 1.29 is 19.1 Å². The molecule has 2 aromatic rings. The van der Waals surface area contributed by atoms with Gasteiger partial charge < -0.3 is 9.47 Å². The van der Waals surface area contributed by atoms with Crippen LogP contribution in [-0.4, -0.2) is 23.5 Å². The lowest BCUT2D eigenvalue weighted by Gasteiger charge is -2.21. The first-order chi connectivity index (χ1) is 10.2. The van der Waals surface area contributed by atoms with Crippen LogP contribution >= 0.6 is 0 Å². The third-order valence-corrected chi connectivity index (χ3v) is 3.09. The van der Waals surface area contributed by atoms with Gasteiger partial charge in [0.2, 0.25) is 6.23 Å². The molecule has 0 N–H and O–H groups in total. The van der Waals surface area contributed by atoms with E-state index in [2.05, 4.69) is 0 Å². The number of cyclic esters (lactones) is 1. The van der Waals surface area contributed by atoms with E-state index in [1.54, 1.807) is 36.4 Å². The highest BCUT2D eigenvalue weighted by Gasteiger charge is 2.38. The molecular formula is C16H13NO4. The third kappa shape index (κ3) is 2.86. The van der Waals surface area contributed by atoms with E-state index >= 15 is 0 Å². The minimum Gasteiger partial charge on any atom is -0.436 e. The Labute approximate surface area is 121 Å². The minimum absolute atomic E-state index is 0.120. The van der Waals surface area contributed by atoms with Gasteiger partial charge in [0.15, 0.2) is 0 Å². The molecule has 0 aromatic heterocycles. The molecule has 1 amide bonds. The molecule has 0 bridgehead atoms. The van der Waals surface area contributed by atoms with Crippen molar-refractivity contribution in [3.05, 3.63) is 66.2 Å². The Morgan fingerprint density at radius 1 is 1.05 bits per heavy atom. The zero-order valence-corrected chi connectivity index (χ0v) is 11.1. The summed E-state index contributed by atoms with van der Waals surface area (Å²) in [6.45, 7) is -0.120. The summed E-state index contributed by atoms with van der Waals surface area (Å²) in [5.74, 6) is -0.0254. The number of carbonyl (C=O) groups excluding carboxylic acids is 2. The van der Waals surface area contributed by atoms with Gasteiger partial charge in [-0.05, 0) is 12.1 Å². The summed E-state index contributed by atoms with van der Waals surface area (Å²) in [6.07, 6.45) is -1.35. The fourth-order valence-electron chi connectivity index (χ4n) is 2.12. The van der Waals surface area contributed by atoms with Crippen LogP contribution in [0.5, 0.6) is 5.75 Å². The number of hydrogen-bond acceptors (Lipinski definition) is 4. The van der Waals surface area contributed by atoms with Gasteiger partial charge in [0.25, 0.3) is 0 Å². The maximum absolute atomic E-state index is 12.2. The number of ether oxygens (including phenoxy) is 2. The maximum atomic E-state index is 12.2. The van der Waals surface area contributed by atoms with Crippen LogP contribution in [0.1, 0.15) is 11.8 Å². The molecule has 0 spiro atoms. The van der Waals surface area contributed by atoms with E-state index in [0.29, 0.717) is 5.75 Å². The molecule has 5 nitrogen and oxygen atoms in total. The number of carbonyl (C=O) groups is 2. The average Bonchev–Trinajstić information content (AvgIpc) is 2.91. The van der Waals surface area contributed by atoms with Crippen LogP contribution in [0.3, 0.4) is 0 Å². The lowest BCUT2D eigenvalue weighted by Crippen LogP contribution is -2.33. The Hall–Kier alpha value is -2.82. The molecule has 5 heteroatoms. The van der Waals surface area contributed by atoms with Crippen LogP contribution in [-0.2, 0) is 9.53 Å². The van der Waals surface area contributed by atoms with Crippen molar-refractivity contribution in [1.29, 1.82) is 0 Å². The number of amides is 1. The van der Waals surface area contributed by atoms with Crippen molar-refractivity contribution in [2.75, 3.05) is 6.54 Å². The first kappa shape index (κ1) is 13.2. The molecule has 0 aliphatic carbocycles. The fraction of sp³-hybridized carbons (Fsp3) is 0.125. The smallest absolute Gasteiger partial charge is 0.418 e. The highest BCUT2D eigenvalue weighted by molar-refractivity contribution is 5.82. The van der Waals surface area contributed by atoms with Crippen molar-refractivity contribution in [2.24, 2.45) is 0 Å². The van der Waals surface area contributed by atoms with E-state index in [0.717, 1.165) is 5.56 Å². The quantitative estimate of drug-likeness (QED) is 0.795. The molecule has 1 saturated heterocycles. The fourth-order valence-corrected chi connectivity index (χ4v) is 2.12. The first-order valence-corrected chi connectivity index (χ1v) is 6.52. The summed E-state index contributed by atoms with van der Waals surface area (Å²) in [5, 5.41) is 0. The Morgan fingerprint density at radius 2 is 1.67 bits per heavy atom. The molecule has 1 aliphatic heterocycles. The molecule has 1 heterocycles. The topological polar surface area (TPSA) is 55.8 Å². The highest BCUT2D eigenvalue weighted by atomic mass is 16.6. The standard InChI is InChI=1S/C16H13NO4/c18-14-11-17(15(21-14)12-7-3-1-4-8-12)16(19)20-13-9-5-2-6-10-13/h1-10,15H,11H2. The number of esters is 1. The van der Waals surface area contributed by atoms with Gasteiger partial charge in [0, 0.05) is 5.56 Å². The second kappa shape index (κ2) is 5.66. The van der Waals surface area contributed by atoms with Crippen LogP contribution < -0.4 is 4.74 Å². The second-order valence-electron chi connectivity index (χ2n) is 4.56. The molecule has 1 atom stereocenters. The predicted octanol–water partition coefficient (Wildman–Crippen LogP) is 2.74. The number of hydrogen-bond donors (Lipinski definition) is 0. The molecule has 3 rings (SSSR count). The van der Waals surface area contributed by atoms with E-state index in [1.165, 1.54) is 4.90 Å². The van der Waals surface area contributed by atoms with E-state index in [1.807, 2.05) is 24.3 Å². The van der Waals surface area contributed by atoms with Crippen molar-refractivity contribution in [1.82, 2.24) is 4.90 Å². The van der Waals surface area contributed by atoms with Gasteiger partial charge in [0.1, 0.15) is 12.3 Å². The van der Waals surface area contributed by atoms with E-state index in [-0.39, 0.29) is 6.54 Å². The Morgan fingerprint density at radius 3 is 2.33 bits per heavy atom. The van der Waals surface area contributed by atoms with Gasteiger partial charge in [-0.25, -0.2) is 4.79 Å². The van der Waals surface area contributed by atoms with Crippen molar-refractivity contribution in [3.63, 3.8) is 0 Å². The summed E-state index contributed by atoms with van der Waals surface area (Å²) in [5.41, 5.74) is 0.730. The summed E-state index contributed by atoms with van der Waals surface area (Å²) < 4.78 is 10.5. The molecule has 1 unspecified atom stereocenters. The number of rotatable bonds is 2. The van der Waals surface area contributed by atoms with E-state index in [9.17, 15) is 9.59 Å². The monoisotopic (exact) mass is 283 g/mol. The van der Waals surface area contributed by atoms with Crippen LogP contribution in [0.25, 0.3) is 0 Å². The summed E-state index contributed by atoms with van der Waals surface area (Å²) in [7, 11) is 0. The number of para-hydroxylation sites is 1. The van der Waals surface area contributed by atoms with Gasteiger partial charge >= 0.3 is 12.1 Å². The van der Waals surface area contributed by atoms with E-state index < -0.39 is 18.3 Å². The second-order valence-corrected chi connectivity index (χ2v) is 4.56. The Balaban J connectivity index is 1.79. The summed E-state index contributed by atoms with van der Waals surface area (Å²) in [4.78, 5) is 25.0. The molecule has 0 saturated carbocycles. The summed E-state index contributed by atoms with van der Waals surface area (Å²) >= 11 is 0. The minimum atomic E-state index is -0.741. The van der Waals surface area contributed by atoms with Crippen LogP contribution in [0.2, 0.25) is 0 Å². The van der Waals surface area contributed by atoms with Crippen LogP contribution in [0, 0.1) is 0 Å². The Kier molecular flexibility index (Phi) is 3.55.